The smallest absolute Gasteiger partial charge is 0.234 e. The Labute approximate surface area is 183 Å². The minimum atomic E-state index is -0.0903. The molecule has 0 bridgehead atoms. The van der Waals surface area contributed by atoms with Gasteiger partial charge in [0.05, 0.1) is 5.75 Å². The van der Waals surface area contributed by atoms with E-state index in [9.17, 15) is 4.79 Å². The highest BCUT2D eigenvalue weighted by Crippen LogP contribution is 2.32. The van der Waals surface area contributed by atoms with Crippen LogP contribution in [0.3, 0.4) is 0 Å². The van der Waals surface area contributed by atoms with Gasteiger partial charge >= 0.3 is 0 Å². The van der Waals surface area contributed by atoms with Crippen LogP contribution in [0.4, 0.5) is 5.69 Å². The molecule has 2 heterocycles. The molecule has 5 rings (SSSR count). The van der Waals surface area contributed by atoms with E-state index in [4.69, 9.17) is 0 Å². The van der Waals surface area contributed by atoms with E-state index in [0.717, 1.165) is 33.7 Å². The summed E-state index contributed by atoms with van der Waals surface area (Å²) in [6.07, 6.45) is 1.95. The molecule has 0 aliphatic carbocycles. The highest BCUT2D eigenvalue weighted by molar-refractivity contribution is 7.99. The van der Waals surface area contributed by atoms with Crippen LogP contribution in [0.1, 0.15) is 0 Å². The zero-order valence-corrected chi connectivity index (χ0v) is 17.3. The third-order valence-electron chi connectivity index (χ3n) is 4.87. The van der Waals surface area contributed by atoms with Gasteiger partial charge in [-0.3, -0.25) is 9.36 Å². The molecule has 0 radical (unpaired) electrons. The number of anilines is 1. The zero-order valence-electron chi connectivity index (χ0n) is 16.5. The fourth-order valence-electron chi connectivity index (χ4n) is 3.45. The number of nitrogens with zero attached hydrogens (tertiary/aromatic N) is 3. The lowest BCUT2D eigenvalue weighted by Crippen LogP contribution is -2.14. The maximum Gasteiger partial charge on any atom is 0.234 e. The van der Waals surface area contributed by atoms with Gasteiger partial charge in [-0.25, -0.2) is 0 Å². The van der Waals surface area contributed by atoms with Gasteiger partial charge in [0.2, 0.25) is 5.91 Å². The van der Waals surface area contributed by atoms with Crippen molar-refractivity contribution < 1.29 is 4.79 Å². The second-order valence-electron chi connectivity index (χ2n) is 6.93. The van der Waals surface area contributed by atoms with Crippen molar-refractivity contribution in [3.05, 3.63) is 91.1 Å². The lowest BCUT2D eigenvalue weighted by atomic mass is 10.1. The van der Waals surface area contributed by atoms with Crippen LogP contribution in [0, 0.1) is 0 Å². The lowest BCUT2D eigenvalue weighted by Gasteiger charge is -2.10. The number of aromatic nitrogens is 4. The van der Waals surface area contributed by atoms with Gasteiger partial charge in [0.1, 0.15) is 0 Å². The summed E-state index contributed by atoms with van der Waals surface area (Å²) in [5.74, 6) is 0.871. The first kappa shape index (κ1) is 19.1. The molecule has 0 atom stereocenters. The molecule has 1 amide bonds. The molecule has 2 aromatic heterocycles. The molecular formula is C24H19N5OS. The second-order valence-corrected chi connectivity index (χ2v) is 7.87. The molecule has 5 aromatic rings. The van der Waals surface area contributed by atoms with E-state index in [-0.39, 0.29) is 11.7 Å². The Kier molecular flexibility index (Phi) is 5.24. The number of carbonyl (C=O) groups is 1. The summed E-state index contributed by atoms with van der Waals surface area (Å²) >= 11 is 1.36. The molecule has 2 N–H and O–H groups in total. The van der Waals surface area contributed by atoms with Gasteiger partial charge in [0, 0.05) is 34.0 Å². The first-order chi connectivity index (χ1) is 15.3. The highest BCUT2D eigenvalue weighted by Gasteiger charge is 2.19. The van der Waals surface area contributed by atoms with Crippen molar-refractivity contribution in [2.45, 2.75) is 5.16 Å². The van der Waals surface area contributed by atoms with Crippen molar-refractivity contribution in [1.29, 1.82) is 0 Å². The average Bonchev–Trinajstić information content (AvgIpc) is 3.43. The molecular weight excluding hydrogens is 406 g/mol. The SMILES string of the molecule is O=C(CSc1nnc(-c2c[nH]c3ccccc23)n1-c1ccccc1)Nc1ccccc1. The number of aromatic amines is 1. The van der Waals surface area contributed by atoms with E-state index in [2.05, 4.69) is 26.6 Å². The summed E-state index contributed by atoms with van der Waals surface area (Å²) < 4.78 is 2.00. The van der Waals surface area contributed by atoms with Gasteiger partial charge in [-0.2, -0.15) is 0 Å². The Hall–Kier alpha value is -3.84. The normalized spacial score (nSPS) is 11.0. The Morgan fingerprint density at radius 2 is 1.61 bits per heavy atom. The molecule has 0 fully saturated rings. The molecule has 6 nitrogen and oxygen atoms in total. The molecule has 7 heteroatoms. The van der Waals surface area contributed by atoms with Crippen molar-refractivity contribution >= 4 is 34.3 Å². The second kappa shape index (κ2) is 8.49. The predicted octanol–water partition coefficient (Wildman–Crippen LogP) is 5.15. The topological polar surface area (TPSA) is 75.6 Å². The highest BCUT2D eigenvalue weighted by atomic mass is 32.2. The Morgan fingerprint density at radius 1 is 0.903 bits per heavy atom. The van der Waals surface area contributed by atoms with Crippen LogP contribution in [0.15, 0.2) is 96.3 Å². The Balaban J connectivity index is 1.47. The number of amides is 1. The van der Waals surface area contributed by atoms with E-state index in [1.54, 1.807) is 0 Å². The molecule has 152 valence electrons. The molecule has 0 aliphatic heterocycles. The summed E-state index contributed by atoms with van der Waals surface area (Å²) in [7, 11) is 0. The molecule has 31 heavy (non-hydrogen) atoms. The molecule has 3 aromatic carbocycles. The number of H-pyrrole nitrogens is 1. The van der Waals surface area contributed by atoms with Crippen LogP contribution in [0.25, 0.3) is 28.0 Å². The average molecular weight is 426 g/mol. The summed E-state index contributed by atoms with van der Waals surface area (Å²) in [6, 6.07) is 27.5. The summed E-state index contributed by atoms with van der Waals surface area (Å²) in [4.78, 5) is 15.7. The van der Waals surface area contributed by atoms with E-state index < -0.39 is 0 Å². The van der Waals surface area contributed by atoms with Crippen molar-refractivity contribution in [1.82, 2.24) is 19.7 Å². The van der Waals surface area contributed by atoms with Crippen LogP contribution < -0.4 is 5.32 Å². The first-order valence-corrected chi connectivity index (χ1v) is 10.8. The minimum absolute atomic E-state index is 0.0903. The van der Waals surface area contributed by atoms with Crippen LogP contribution in [0.5, 0.6) is 0 Å². The van der Waals surface area contributed by atoms with Crippen LogP contribution >= 0.6 is 11.8 Å². The fraction of sp³-hybridized carbons (Fsp3) is 0.0417. The monoisotopic (exact) mass is 425 g/mol. The third-order valence-corrected chi connectivity index (χ3v) is 5.80. The van der Waals surface area contributed by atoms with Gasteiger partial charge in [0.15, 0.2) is 11.0 Å². The van der Waals surface area contributed by atoms with Crippen molar-refractivity contribution in [3.8, 4) is 17.1 Å². The number of fused-ring (bicyclic) bond motifs is 1. The number of para-hydroxylation sites is 3. The van der Waals surface area contributed by atoms with Crippen molar-refractivity contribution in [2.24, 2.45) is 0 Å². The standard InChI is InChI=1S/C24H19N5OS/c30-22(26-17-9-3-1-4-10-17)16-31-24-28-27-23(29(24)18-11-5-2-6-12-18)20-15-25-21-14-8-7-13-19(20)21/h1-15,25H,16H2,(H,26,30). The number of hydrogen-bond donors (Lipinski definition) is 2. The minimum Gasteiger partial charge on any atom is -0.360 e. The Morgan fingerprint density at radius 3 is 2.42 bits per heavy atom. The molecule has 0 saturated carbocycles. The zero-order chi connectivity index (χ0) is 21.0. The largest absolute Gasteiger partial charge is 0.360 e. The number of benzene rings is 3. The van der Waals surface area contributed by atoms with Crippen molar-refractivity contribution in [2.75, 3.05) is 11.1 Å². The van der Waals surface area contributed by atoms with E-state index >= 15 is 0 Å². The quantitative estimate of drug-likeness (QED) is 0.369. The Bertz CT molecular complexity index is 1330. The van der Waals surface area contributed by atoms with Gasteiger partial charge < -0.3 is 10.3 Å². The van der Waals surface area contributed by atoms with Crippen molar-refractivity contribution in [3.63, 3.8) is 0 Å². The molecule has 0 spiro atoms. The number of rotatable bonds is 6. The lowest BCUT2D eigenvalue weighted by molar-refractivity contribution is -0.113. The molecule has 0 saturated heterocycles. The number of thioether (sulfide) groups is 1. The van der Waals surface area contributed by atoms with Gasteiger partial charge in [-0.1, -0.05) is 66.4 Å². The third kappa shape index (κ3) is 3.95. The number of nitrogens with one attached hydrogen (secondary N) is 2. The molecule has 0 aliphatic rings. The maximum atomic E-state index is 12.4. The summed E-state index contributed by atoms with van der Waals surface area (Å²) in [5.41, 5.74) is 3.72. The first-order valence-electron chi connectivity index (χ1n) is 9.84. The summed E-state index contributed by atoms with van der Waals surface area (Å²) in [5, 5.41) is 13.5. The van der Waals surface area contributed by atoms with Crippen LogP contribution in [0.2, 0.25) is 0 Å². The summed E-state index contributed by atoms with van der Waals surface area (Å²) in [6.45, 7) is 0. The van der Waals surface area contributed by atoms with E-state index in [1.807, 2.05) is 89.6 Å². The van der Waals surface area contributed by atoms with Gasteiger partial charge in [0.25, 0.3) is 0 Å². The van der Waals surface area contributed by atoms with Crippen LogP contribution in [-0.2, 0) is 4.79 Å². The van der Waals surface area contributed by atoms with E-state index in [1.165, 1.54) is 11.8 Å². The fourth-order valence-corrected chi connectivity index (χ4v) is 4.20. The number of hydrogen-bond acceptors (Lipinski definition) is 4. The predicted molar refractivity (Wildman–Crippen MR) is 124 cm³/mol. The van der Waals surface area contributed by atoms with Gasteiger partial charge in [-0.15, -0.1) is 10.2 Å². The molecule has 0 unspecified atom stereocenters. The number of carbonyl (C=O) groups excluding carboxylic acids is 1. The van der Waals surface area contributed by atoms with Gasteiger partial charge in [-0.05, 0) is 30.3 Å². The van der Waals surface area contributed by atoms with Crippen LogP contribution in [-0.4, -0.2) is 31.4 Å². The maximum absolute atomic E-state index is 12.4. The van der Waals surface area contributed by atoms with E-state index in [0.29, 0.717) is 5.16 Å².